The zero-order valence-electron chi connectivity index (χ0n) is 11.5. The number of rotatable bonds is 4. The second-order valence-corrected chi connectivity index (χ2v) is 4.74. The summed E-state index contributed by atoms with van der Waals surface area (Å²) in [5.74, 6) is -3.13. The third-order valence-corrected chi connectivity index (χ3v) is 3.12. The van der Waals surface area contributed by atoms with Crippen LogP contribution in [0, 0.1) is 23.0 Å². The Hall–Kier alpha value is -2.79. The summed E-state index contributed by atoms with van der Waals surface area (Å²) in [7, 11) is 0. The van der Waals surface area contributed by atoms with Crippen molar-refractivity contribution in [1.29, 1.82) is 5.26 Å². The number of hydrogen-bond acceptors (Lipinski definition) is 5. The van der Waals surface area contributed by atoms with E-state index < -0.39 is 40.4 Å². The average Bonchev–Trinajstić information content (AvgIpc) is 2.52. The van der Waals surface area contributed by atoms with Crippen LogP contribution in [-0.4, -0.2) is 21.0 Å². The van der Waals surface area contributed by atoms with Gasteiger partial charge in [-0.15, -0.1) is 0 Å². The summed E-state index contributed by atoms with van der Waals surface area (Å²) < 4.78 is 26.8. The van der Waals surface area contributed by atoms with Crippen molar-refractivity contribution in [2.75, 3.05) is 0 Å². The first-order chi connectivity index (χ1) is 10.9. The molecule has 0 aliphatic carbocycles. The van der Waals surface area contributed by atoms with E-state index in [1.165, 1.54) is 24.4 Å². The smallest absolute Gasteiger partial charge is 0.226 e. The predicted molar refractivity (Wildman–Crippen MR) is 75.3 cm³/mol. The highest BCUT2D eigenvalue weighted by atomic mass is 35.5. The van der Waals surface area contributed by atoms with Gasteiger partial charge in [0, 0.05) is 6.20 Å². The van der Waals surface area contributed by atoms with Gasteiger partial charge < -0.3 is 10.4 Å². The molecule has 23 heavy (non-hydrogen) atoms. The van der Waals surface area contributed by atoms with Gasteiger partial charge in [-0.05, 0) is 12.1 Å². The summed E-state index contributed by atoms with van der Waals surface area (Å²) in [5.41, 5.74) is -0.914. The summed E-state index contributed by atoms with van der Waals surface area (Å²) in [6.45, 7) is -0.174. The fourth-order valence-corrected chi connectivity index (χ4v) is 1.94. The van der Waals surface area contributed by atoms with E-state index in [1.807, 2.05) is 0 Å². The van der Waals surface area contributed by atoms with Gasteiger partial charge in [0.15, 0.2) is 16.7 Å². The maximum absolute atomic E-state index is 13.5. The van der Waals surface area contributed by atoms with Crippen molar-refractivity contribution < 1.29 is 18.7 Å². The molecule has 2 N–H and O–H groups in total. The summed E-state index contributed by atoms with van der Waals surface area (Å²) in [5, 5.41) is 20.3. The van der Waals surface area contributed by atoms with Gasteiger partial charge in [-0.25, -0.2) is 13.8 Å². The molecule has 0 saturated heterocycles. The lowest BCUT2D eigenvalue weighted by Crippen LogP contribution is -2.26. The number of nitrogens with one attached hydrogen (secondary N) is 1. The molecule has 0 aliphatic rings. The van der Waals surface area contributed by atoms with E-state index in [-0.39, 0.29) is 17.9 Å². The van der Waals surface area contributed by atoms with Crippen molar-refractivity contribution in [2.24, 2.45) is 0 Å². The first-order valence-corrected chi connectivity index (χ1v) is 6.64. The van der Waals surface area contributed by atoms with Crippen LogP contribution in [0.4, 0.5) is 8.78 Å². The van der Waals surface area contributed by atoms with Gasteiger partial charge in [0.2, 0.25) is 5.91 Å². The van der Waals surface area contributed by atoms with Crippen LogP contribution in [0.5, 0.6) is 5.75 Å². The molecule has 9 heteroatoms. The molecule has 0 spiro atoms. The van der Waals surface area contributed by atoms with Crippen LogP contribution in [0.2, 0.25) is 5.15 Å². The molecule has 0 unspecified atom stereocenters. The number of carbonyl (C=O) groups is 1. The highest BCUT2D eigenvalue weighted by molar-refractivity contribution is 6.29. The van der Waals surface area contributed by atoms with Crippen LogP contribution in [0.3, 0.4) is 0 Å². The number of hydrogen-bond donors (Lipinski definition) is 2. The van der Waals surface area contributed by atoms with Gasteiger partial charge >= 0.3 is 0 Å². The molecule has 2 aromatic heterocycles. The van der Waals surface area contributed by atoms with Gasteiger partial charge in [-0.2, -0.15) is 5.26 Å². The molecule has 2 aromatic rings. The van der Waals surface area contributed by atoms with E-state index in [1.54, 1.807) is 0 Å². The third kappa shape index (κ3) is 3.70. The molecular weight excluding hydrogens is 330 g/mol. The molecule has 2 rings (SSSR count). The van der Waals surface area contributed by atoms with E-state index >= 15 is 0 Å². The summed E-state index contributed by atoms with van der Waals surface area (Å²) in [4.78, 5) is 19.1. The minimum atomic E-state index is -1.16. The molecule has 118 valence electrons. The van der Waals surface area contributed by atoms with Crippen molar-refractivity contribution in [3.8, 4) is 11.8 Å². The van der Waals surface area contributed by atoms with E-state index in [2.05, 4.69) is 15.3 Å². The number of halogens is 3. The van der Waals surface area contributed by atoms with Crippen molar-refractivity contribution in [2.45, 2.75) is 13.0 Å². The molecule has 0 saturated carbocycles. The summed E-state index contributed by atoms with van der Waals surface area (Å²) >= 11 is 5.51. The van der Waals surface area contributed by atoms with Crippen molar-refractivity contribution >= 4 is 17.5 Å². The van der Waals surface area contributed by atoms with Crippen LogP contribution in [0.25, 0.3) is 0 Å². The van der Waals surface area contributed by atoms with Crippen LogP contribution in [0.1, 0.15) is 17.0 Å². The normalized spacial score (nSPS) is 10.2. The second kappa shape index (κ2) is 6.98. The summed E-state index contributed by atoms with van der Waals surface area (Å²) in [6.07, 6.45) is 0.909. The first kappa shape index (κ1) is 16.6. The topological polar surface area (TPSA) is 98.9 Å². The monoisotopic (exact) mass is 338 g/mol. The maximum atomic E-state index is 13.5. The summed E-state index contributed by atoms with van der Waals surface area (Å²) in [6, 6.07) is 4.05. The molecule has 0 radical (unpaired) electrons. The number of pyridine rings is 2. The largest absolute Gasteiger partial charge is 0.505 e. The Morgan fingerprint density at radius 3 is 2.83 bits per heavy atom. The van der Waals surface area contributed by atoms with Gasteiger partial charge in [0.1, 0.15) is 17.4 Å². The van der Waals surface area contributed by atoms with Crippen LogP contribution >= 0.6 is 11.6 Å². The fourth-order valence-electron chi connectivity index (χ4n) is 1.74. The Balaban J connectivity index is 2.11. The fraction of sp³-hybridized carbons (Fsp3) is 0.143. The van der Waals surface area contributed by atoms with Gasteiger partial charge in [-0.1, -0.05) is 11.6 Å². The third-order valence-electron chi connectivity index (χ3n) is 2.87. The molecule has 0 aromatic carbocycles. The number of aromatic nitrogens is 2. The number of nitriles is 1. The van der Waals surface area contributed by atoms with Crippen LogP contribution in [-0.2, 0) is 17.8 Å². The zero-order chi connectivity index (χ0) is 17.0. The lowest BCUT2D eigenvalue weighted by atomic mass is 10.1. The van der Waals surface area contributed by atoms with Crippen molar-refractivity contribution in [3.63, 3.8) is 0 Å². The number of carbonyl (C=O) groups excluding carboxylic acids is 1. The quantitative estimate of drug-likeness (QED) is 0.829. The molecule has 0 fully saturated rings. The molecule has 0 aliphatic heterocycles. The minimum absolute atomic E-state index is 0.0351. The van der Waals surface area contributed by atoms with Crippen molar-refractivity contribution in [3.05, 3.63) is 52.1 Å². The van der Waals surface area contributed by atoms with E-state index in [0.717, 1.165) is 0 Å². The van der Waals surface area contributed by atoms with Crippen LogP contribution in [0.15, 0.2) is 18.3 Å². The number of nitrogens with zero attached hydrogens (tertiary/aromatic N) is 3. The van der Waals surface area contributed by atoms with Crippen molar-refractivity contribution in [1.82, 2.24) is 15.3 Å². The van der Waals surface area contributed by atoms with Gasteiger partial charge in [0.25, 0.3) is 0 Å². The average molecular weight is 339 g/mol. The van der Waals surface area contributed by atoms with Crippen LogP contribution < -0.4 is 5.32 Å². The minimum Gasteiger partial charge on any atom is -0.505 e. The molecule has 6 nitrogen and oxygen atoms in total. The Bertz CT molecular complexity index is 808. The number of aromatic hydroxyl groups is 1. The lowest BCUT2D eigenvalue weighted by Gasteiger charge is -2.08. The first-order valence-electron chi connectivity index (χ1n) is 6.27. The molecule has 2 heterocycles. The van der Waals surface area contributed by atoms with E-state index in [4.69, 9.17) is 16.9 Å². The van der Waals surface area contributed by atoms with Gasteiger partial charge in [-0.3, -0.25) is 9.78 Å². The molecule has 0 bridgehead atoms. The standard InChI is InChI=1S/C14H9ClF2N4O2/c15-14-12(17)7(5-18)13(23)9(21-14)4-11(22)20-6-10-8(16)2-1-3-19-10/h1-3,23H,4,6H2,(H,20,22). The van der Waals surface area contributed by atoms with E-state index in [9.17, 15) is 18.7 Å². The molecule has 0 atom stereocenters. The maximum Gasteiger partial charge on any atom is 0.226 e. The molecular formula is C14H9ClF2N4O2. The Labute approximate surface area is 134 Å². The predicted octanol–water partition coefficient (Wildman–Crippen LogP) is 1.84. The van der Waals surface area contributed by atoms with E-state index in [0.29, 0.717) is 0 Å². The Morgan fingerprint density at radius 1 is 1.43 bits per heavy atom. The number of amides is 1. The highest BCUT2D eigenvalue weighted by Gasteiger charge is 2.20. The van der Waals surface area contributed by atoms with Gasteiger partial charge in [0.05, 0.1) is 24.4 Å². The SMILES string of the molecule is N#Cc1c(O)c(CC(=O)NCc2ncccc2F)nc(Cl)c1F. The highest BCUT2D eigenvalue weighted by Crippen LogP contribution is 2.27. The molecule has 1 amide bonds. The lowest BCUT2D eigenvalue weighted by molar-refractivity contribution is -0.120. The zero-order valence-corrected chi connectivity index (χ0v) is 12.2. The Kier molecular flexibility index (Phi) is 5.03. The Morgan fingerprint density at radius 2 is 2.17 bits per heavy atom. The second-order valence-electron chi connectivity index (χ2n) is 4.38.